The molecule has 1 aromatic carbocycles. The predicted octanol–water partition coefficient (Wildman–Crippen LogP) is 4.04. The van der Waals surface area contributed by atoms with Crippen molar-refractivity contribution in [1.29, 1.82) is 0 Å². The molecule has 0 saturated carbocycles. The van der Waals surface area contributed by atoms with Crippen LogP contribution < -0.4 is 10.1 Å². The molecule has 3 aromatic rings. The minimum atomic E-state index is -0.269. The number of hydrogen-bond acceptors (Lipinski definition) is 5. The van der Waals surface area contributed by atoms with Crippen LogP contribution in [0.15, 0.2) is 63.6 Å². The maximum Gasteiger partial charge on any atom is 0.289 e. The van der Waals surface area contributed by atoms with Crippen molar-refractivity contribution in [3.05, 3.63) is 60.6 Å². The molecule has 4 rings (SSSR count). The third-order valence-corrected chi connectivity index (χ3v) is 5.03. The molecule has 1 N–H and O–H groups in total. The van der Waals surface area contributed by atoms with E-state index >= 15 is 0 Å². The number of carbonyl (C=O) groups is 2. The van der Waals surface area contributed by atoms with E-state index in [1.54, 1.807) is 23.3 Å². The van der Waals surface area contributed by atoms with E-state index in [1.165, 1.54) is 7.11 Å². The quantitative estimate of drug-likeness (QED) is 0.706. The smallest absolute Gasteiger partial charge is 0.289 e. The van der Waals surface area contributed by atoms with Crippen LogP contribution in [0.3, 0.4) is 0 Å². The van der Waals surface area contributed by atoms with Gasteiger partial charge in [0.2, 0.25) is 5.91 Å². The number of nitrogens with one attached hydrogen (secondary N) is 1. The molecule has 3 heterocycles. The molecule has 0 radical (unpaired) electrons. The molecule has 1 atom stereocenters. The highest BCUT2D eigenvalue weighted by Crippen LogP contribution is 2.24. The van der Waals surface area contributed by atoms with E-state index in [0.717, 1.165) is 24.2 Å². The van der Waals surface area contributed by atoms with E-state index in [9.17, 15) is 9.59 Å². The number of amides is 2. The van der Waals surface area contributed by atoms with Gasteiger partial charge in [0, 0.05) is 30.4 Å². The normalized spacial score (nSPS) is 16.4. The molecule has 1 fully saturated rings. The molecule has 7 nitrogen and oxygen atoms in total. The Kier molecular flexibility index (Phi) is 5.37. The second-order valence-corrected chi connectivity index (χ2v) is 6.96. The number of anilines is 1. The maximum absolute atomic E-state index is 12.7. The molecule has 7 heteroatoms. The van der Waals surface area contributed by atoms with Gasteiger partial charge < -0.3 is 23.8 Å². The molecule has 1 saturated heterocycles. The van der Waals surface area contributed by atoms with E-state index in [2.05, 4.69) is 5.32 Å². The van der Waals surface area contributed by atoms with Crippen molar-refractivity contribution in [3.8, 4) is 17.3 Å². The van der Waals surface area contributed by atoms with Crippen molar-refractivity contribution in [2.24, 2.45) is 5.92 Å². The summed E-state index contributed by atoms with van der Waals surface area (Å²) in [5.74, 6) is 0.695. The van der Waals surface area contributed by atoms with Crippen LogP contribution in [-0.4, -0.2) is 36.9 Å². The Morgan fingerprint density at radius 2 is 1.97 bits per heavy atom. The summed E-state index contributed by atoms with van der Waals surface area (Å²) >= 11 is 0. The van der Waals surface area contributed by atoms with Gasteiger partial charge in [-0.1, -0.05) is 0 Å². The monoisotopic (exact) mass is 394 g/mol. The average Bonchev–Trinajstić information content (AvgIpc) is 3.46. The van der Waals surface area contributed by atoms with Crippen molar-refractivity contribution in [3.63, 3.8) is 0 Å². The highest BCUT2D eigenvalue weighted by Gasteiger charge is 2.30. The lowest BCUT2D eigenvalue weighted by atomic mass is 9.96. The SMILES string of the molecule is COc1ccc(C(=O)N2CCCC(C(=O)Nc3ccc(-c4ccco4)cc3)C2)o1. The van der Waals surface area contributed by atoms with Gasteiger partial charge in [-0.2, -0.15) is 0 Å². The molecule has 1 unspecified atom stereocenters. The first-order valence-corrected chi connectivity index (χ1v) is 9.52. The fraction of sp³-hybridized carbons (Fsp3) is 0.273. The van der Waals surface area contributed by atoms with Crippen molar-refractivity contribution in [1.82, 2.24) is 4.90 Å². The fourth-order valence-electron chi connectivity index (χ4n) is 3.48. The Bertz CT molecular complexity index is 975. The molecule has 0 aliphatic carbocycles. The Morgan fingerprint density at radius 3 is 2.66 bits per heavy atom. The van der Waals surface area contributed by atoms with Crippen LogP contribution in [0.2, 0.25) is 0 Å². The zero-order valence-corrected chi connectivity index (χ0v) is 16.1. The van der Waals surface area contributed by atoms with Crippen molar-refractivity contribution < 1.29 is 23.2 Å². The highest BCUT2D eigenvalue weighted by atomic mass is 16.6. The van der Waals surface area contributed by atoms with Gasteiger partial charge in [-0.15, -0.1) is 0 Å². The maximum atomic E-state index is 12.7. The number of rotatable bonds is 5. The van der Waals surface area contributed by atoms with Crippen LogP contribution in [0, 0.1) is 5.92 Å². The number of carbonyl (C=O) groups excluding carboxylic acids is 2. The van der Waals surface area contributed by atoms with Crippen LogP contribution >= 0.6 is 0 Å². The second-order valence-electron chi connectivity index (χ2n) is 6.96. The van der Waals surface area contributed by atoms with Crippen molar-refractivity contribution in [2.45, 2.75) is 12.8 Å². The third-order valence-electron chi connectivity index (χ3n) is 5.03. The van der Waals surface area contributed by atoms with Gasteiger partial charge in [-0.05, 0) is 55.3 Å². The summed E-state index contributed by atoms with van der Waals surface area (Å²) in [6, 6.07) is 14.4. The molecule has 1 aliphatic heterocycles. The average molecular weight is 394 g/mol. The number of furan rings is 2. The van der Waals surface area contributed by atoms with E-state index in [1.807, 2.05) is 36.4 Å². The lowest BCUT2D eigenvalue weighted by Crippen LogP contribution is -2.43. The fourth-order valence-corrected chi connectivity index (χ4v) is 3.48. The van der Waals surface area contributed by atoms with Gasteiger partial charge >= 0.3 is 0 Å². The number of benzene rings is 1. The summed E-state index contributed by atoms with van der Waals surface area (Å²) < 4.78 is 15.7. The lowest BCUT2D eigenvalue weighted by molar-refractivity contribution is -0.121. The minimum absolute atomic E-state index is 0.0923. The molecule has 0 spiro atoms. The molecule has 1 aliphatic rings. The first-order valence-electron chi connectivity index (χ1n) is 9.52. The first-order chi connectivity index (χ1) is 14.1. The Balaban J connectivity index is 1.37. The highest BCUT2D eigenvalue weighted by molar-refractivity contribution is 5.95. The minimum Gasteiger partial charge on any atom is -0.468 e. The number of piperidine rings is 1. The molecule has 2 amide bonds. The summed E-state index contributed by atoms with van der Waals surface area (Å²) in [5, 5.41) is 2.95. The van der Waals surface area contributed by atoms with Crippen LogP contribution in [0.4, 0.5) is 5.69 Å². The van der Waals surface area contributed by atoms with E-state index in [-0.39, 0.29) is 29.4 Å². The predicted molar refractivity (Wildman–Crippen MR) is 107 cm³/mol. The van der Waals surface area contributed by atoms with Crippen molar-refractivity contribution >= 4 is 17.5 Å². The molecule has 2 aromatic heterocycles. The second kappa shape index (κ2) is 8.26. The number of nitrogens with zero attached hydrogens (tertiary/aromatic N) is 1. The van der Waals surface area contributed by atoms with Crippen LogP contribution in [0.25, 0.3) is 11.3 Å². The van der Waals surface area contributed by atoms with Crippen LogP contribution in [0.5, 0.6) is 5.95 Å². The lowest BCUT2D eigenvalue weighted by Gasteiger charge is -2.31. The molecule has 0 bridgehead atoms. The summed E-state index contributed by atoms with van der Waals surface area (Å²) in [5.41, 5.74) is 1.65. The Labute approximate surface area is 168 Å². The van der Waals surface area contributed by atoms with E-state index in [4.69, 9.17) is 13.6 Å². The molecule has 29 heavy (non-hydrogen) atoms. The first kappa shape index (κ1) is 18.9. The van der Waals surface area contributed by atoms with Gasteiger partial charge in [0.05, 0.1) is 19.3 Å². The van der Waals surface area contributed by atoms with Crippen LogP contribution in [0.1, 0.15) is 23.4 Å². The van der Waals surface area contributed by atoms with Gasteiger partial charge in [-0.25, -0.2) is 0 Å². The van der Waals surface area contributed by atoms with Gasteiger partial charge in [0.1, 0.15) is 5.76 Å². The summed E-state index contributed by atoms with van der Waals surface area (Å²) in [6.45, 7) is 0.960. The molecule has 150 valence electrons. The number of ether oxygens (including phenoxy) is 1. The number of hydrogen-bond donors (Lipinski definition) is 1. The van der Waals surface area contributed by atoms with Crippen LogP contribution in [-0.2, 0) is 4.79 Å². The van der Waals surface area contributed by atoms with Gasteiger partial charge in [0.25, 0.3) is 11.9 Å². The largest absolute Gasteiger partial charge is 0.468 e. The molecular weight excluding hydrogens is 372 g/mol. The summed E-state index contributed by atoms with van der Waals surface area (Å²) in [6.07, 6.45) is 3.13. The topological polar surface area (TPSA) is 84.9 Å². The Hall–Kier alpha value is -3.48. The zero-order valence-electron chi connectivity index (χ0n) is 16.1. The summed E-state index contributed by atoms with van der Waals surface area (Å²) in [4.78, 5) is 27.0. The van der Waals surface area contributed by atoms with Gasteiger partial charge in [-0.3, -0.25) is 9.59 Å². The number of methoxy groups -OCH3 is 1. The standard InChI is InChI=1S/C22H22N2O5/c1-27-20-11-10-19(29-20)22(26)24-12-2-4-16(14-24)21(25)23-17-8-6-15(7-9-17)18-5-3-13-28-18/h3,5-11,13,16H,2,4,12,14H2,1H3,(H,23,25). The van der Waals surface area contributed by atoms with E-state index in [0.29, 0.717) is 18.8 Å². The van der Waals surface area contributed by atoms with Crippen molar-refractivity contribution in [2.75, 3.05) is 25.5 Å². The zero-order chi connectivity index (χ0) is 20.2. The Morgan fingerprint density at radius 1 is 1.14 bits per heavy atom. The van der Waals surface area contributed by atoms with Gasteiger partial charge in [0.15, 0.2) is 5.76 Å². The third kappa shape index (κ3) is 4.18. The molecular formula is C22H22N2O5. The number of likely N-dealkylation sites (tertiary alicyclic amines) is 1. The summed E-state index contributed by atoms with van der Waals surface area (Å²) in [7, 11) is 1.48. The van der Waals surface area contributed by atoms with E-state index < -0.39 is 0 Å².